The summed E-state index contributed by atoms with van der Waals surface area (Å²) < 4.78 is 43.5. The number of H-pyrrole nitrogens is 1. The van der Waals surface area contributed by atoms with Gasteiger partial charge in [0.05, 0.1) is 13.2 Å². The molecule has 2 aromatic heterocycles. The molecule has 0 fully saturated rings. The molecular formula is C25H31F3N4O2. The zero-order valence-electron chi connectivity index (χ0n) is 19.9. The summed E-state index contributed by atoms with van der Waals surface area (Å²) in [7, 11) is 1.60. The number of amides is 2. The Balaban J connectivity index is 1.83. The molecule has 0 spiro atoms. The van der Waals surface area contributed by atoms with Gasteiger partial charge in [0.15, 0.2) is 0 Å². The normalized spacial score (nSPS) is 13.5. The first-order valence-corrected chi connectivity index (χ1v) is 11.4. The molecule has 1 unspecified atom stereocenters. The number of rotatable bonds is 9. The lowest BCUT2D eigenvalue weighted by atomic mass is 9.98. The van der Waals surface area contributed by atoms with Crippen LogP contribution >= 0.6 is 0 Å². The fraction of sp³-hybridized carbons (Fsp3) is 0.440. The van der Waals surface area contributed by atoms with Crippen molar-refractivity contribution in [2.45, 2.75) is 58.3 Å². The van der Waals surface area contributed by atoms with Crippen LogP contribution in [0.4, 0.5) is 18.0 Å². The Morgan fingerprint density at radius 1 is 1.24 bits per heavy atom. The average Bonchev–Trinajstić information content (AvgIpc) is 3.29. The topological polar surface area (TPSA) is 70.2 Å². The maximum absolute atomic E-state index is 13.0. The quantitative estimate of drug-likeness (QED) is 0.373. The van der Waals surface area contributed by atoms with E-state index in [-0.39, 0.29) is 18.5 Å². The first-order chi connectivity index (χ1) is 16.2. The minimum atomic E-state index is -4.24. The molecule has 2 amide bonds. The van der Waals surface area contributed by atoms with Crippen molar-refractivity contribution < 1.29 is 22.7 Å². The number of hydrogen-bond acceptors (Lipinski definition) is 3. The van der Waals surface area contributed by atoms with Gasteiger partial charge < -0.3 is 19.9 Å². The van der Waals surface area contributed by atoms with Crippen LogP contribution in [-0.2, 0) is 0 Å². The third-order valence-corrected chi connectivity index (χ3v) is 6.08. The number of fused-ring (bicyclic) bond motifs is 1. The summed E-state index contributed by atoms with van der Waals surface area (Å²) in [5, 5.41) is 3.75. The molecule has 0 aliphatic carbocycles. The second kappa shape index (κ2) is 10.8. The van der Waals surface area contributed by atoms with Gasteiger partial charge in [0.2, 0.25) is 0 Å². The molecule has 0 radical (unpaired) electrons. The number of aromatic amines is 1. The van der Waals surface area contributed by atoms with Crippen molar-refractivity contribution in [3.63, 3.8) is 0 Å². The zero-order valence-corrected chi connectivity index (χ0v) is 19.9. The van der Waals surface area contributed by atoms with E-state index in [4.69, 9.17) is 4.74 Å². The SMILES string of the molecule is CCC(CCC(F)(F)F)NC(=O)N(CC)[C@H](C)c1ccc(OC)c(-c2cnc3[nH]ccc3c2)c1. The van der Waals surface area contributed by atoms with E-state index in [1.165, 1.54) is 0 Å². The lowest BCUT2D eigenvalue weighted by molar-refractivity contribution is -0.136. The Bertz CT molecular complexity index is 1110. The van der Waals surface area contributed by atoms with Gasteiger partial charge in [-0.05, 0) is 56.5 Å². The fourth-order valence-electron chi connectivity index (χ4n) is 4.05. The second-order valence-electron chi connectivity index (χ2n) is 8.27. The number of ether oxygens (including phenoxy) is 1. The molecule has 3 rings (SSSR count). The van der Waals surface area contributed by atoms with E-state index >= 15 is 0 Å². The van der Waals surface area contributed by atoms with Gasteiger partial charge >= 0.3 is 12.2 Å². The maximum atomic E-state index is 13.0. The number of methoxy groups -OCH3 is 1. The number of carbonyl (C=O) groups excluding carboxylic acids is 1. The molecule has 184 valence electrons. The van der Waals surface area contributed by atoms with Crippen molar-refractivity contribution >= 4 is 17.1 Å². The Kier molecular flexibility index (Phi) is 8.06. The van der Waals surface area contributed by atoms with Gasteiger partial charge in [0.25, 0.3) is 0 Å². The van der Waals surface area contributed by atoms with Gasteiger partial charge in [0, 0.05) is 47.9 Å². The summed E-state index contributed by atoms with van der Waals surface area (Å²) in [4.78, 5) is 22.1. The highest BCUT2D eigenvalue weighted by Gasteiger charge is 2.29. The van der Waals surface area contributed by atoms with Crippen LogP contribution in [0.15, 0.2) is 42.7 Å². The molecule has 9 heteroatoms. The third kappa shape index (κ3) is 6.01. The van der Waals surface area contributed by atoms with Crippen LogP contribution in [0.3, 0.4) is 0 Å². The molecule has 34 heavy (non-hydrogen) atoms. The monoisotopic (exact) mass is 476 g/mol. The number of halogens is 3. The van der Waals surface area contributed by atoms with E-state index in [0.717, 1.165) is 27.7 Å². The van der Waals surface area contributed by atoms with Gasteiger partial charge in [0.1, 0.15) is 11.4 Å². The molecule has 0 bridgehead atoms. The molecule has 0 saturated carbocycles. The zero-order chi connectivity index (χ0) is 24.9. The standard InChI is InChI=1S/C25H31F3N4O2/c1-5-20(9-11-25(26,27)28)31-24(33)32(6-2)16(3)17-7-8-22(34-4)21(14-17)19-13-18-10-12-29-23(18)30-15-19/h7-8,10,12-16,20H,5-6,9,11H2,1-4H3,(H,29,30)(H,31,33)/t16-,20?/m1/s1. The van der Waals surface area contributed by atoms with Crippen LogP contribution in [0.25, 0.3) is 22.2 Å². The maximum Gasteiger partial charge on any atom is 0.389 e. The van der Waals surface area contributed by atoms with Gasteiger partial charge in [-0.1, -0.05) is 13.0 Å². The predicted molar refractivity (Wildman–Crippen MR) is 127 cm³/mol. The number of nitrogens with zero attached hydrogens (tertiary/aromatic N) is 2. The molecule has 3 aromatic rings. The van der Waals surface area contributed by atoms with E-state index in [1.54, 1.807) is 25.1 Å². The van der Waals surface area contributed by atoms with Gasteiger partial charge in [-0.25, -0.2) is 9.78 Å². The van der Waals surface area contributed by atoms with Crippen LogP contribution in [-0.4, -0.2) is 46.8 Å². The number of pyridine rings is 1. The van der Waals surface area contributed by atoms with Crippen LogP contribution in [0.5, 0.6) is 5.75 Å². The van der Waals surface area contributed by atoms with Crippen molar-refractivity contribution in [3.8, 4) is 16.9 Å². The van der Waals surface area contributed by atoms with Crippen molar-refractivity contribution in [1.82, 2.24) is 20.2 Å². The van der Waals surface area contributed by atoms with Crippen molar-refractivity contribution in [2.75, 3.05) is 13.7 Å². The first kappa shape index (κ1) is 25.4. The second-order valence-corrected chi connectivity index (χ2v) is 8.27. The van der Waals surface area contributed by atoms with Crippen LogP contribution in [0.1, 0.15) is 51.6 Å². The molecule has 0 aliphatic heterocycles. The number of alkyl halides is 3. The summed E-state index contributed by atoms with van der Waals surface area (Å²) in [5.74, 6) is 0.679. The highest BCUT2D eigenvalue weighted by Crippen LogP contribution is 2.34. The molecule has 2 N–H and O–H groups in total. The summed E-state index contributed by atoms with van der Waals surface area (Å²) in [6, 6.07) is 8.45. The highest BCUT2D eigenvalue weighted by atomic mass is 19.4. The molecule has 0 aliphatic rings. The fourth-order valence-corrected chi connectivity index (χ4v) is 4.05. The number of urea groups is 1. The number of nitrogens with one attached hydrogen (secondary N) is 2. The first-order valence-electron chi connectivity index (χ1n) is 11.4. The van der Waals surface area contributed by atoms with E-state index in [2.05, 4.69) is 15.3 Å². The number of carbonyl (C=O) groups is 1. The van der Waals surface area contributed by atoms with Crippen LogP contribution in [0.2, 0.25) is 0 Å². The summed E-state index contributed by atoms with van der Waals surface area (Å²) in [5.41, 5.74) is 3.39. The smallest absolute Gasteiger partial charge is 0.389 e. The van der Waals surface area contributed by atoms with E-state index < -0.39 is 18.6 Å². The highest BCUT2D eigenvalue weighted by molar-refractivity contribution is 5.83. The van der Waals surface area contributed by atoms with E-state index in [0.29, 0.717) is 18.7 Å². The van der Waals surface area contributed by atoms with Gasteiger partial charge in [-0.2, -0.15) is 13.2 Å². The number of aromatic nitrogens is 2. The largest absolute Gasteiger partial charge is 0.496 e. The van der Waals surface area contributed by atoms with Gasteiger partial charge in [-0.15, -0.1) is 0 Å². The summed E-state index contributed by atoms with van der Waals surface area (Å²) >= 11 is 0. The lowest BCUT2D eigenvalue weighted by Gasteiger charge is -2.31. The average molecular weight is 477 g/mol. The van der Waals surface area contributed by atoms with Gasteiger partial charge in [-0.3, -0.25) is 0 Å². The number of benzene rings is 1. The number of hydrogen-bond donors (Lipinski definition) is 2. The minimum Gasteiger partial charge on any atom is -0.496 e. The summed E-state index contributed by atoms with van der Waals surface area (Å²) in [6.07, 6.45) is -1.29. The van der Waals surface area contributed by atoms with E-state index in [1.807, 2.05) is 50.4 Å². The Morgan fingerprint density at radius 2 is 2.00 bits per heavy atom. The van der Waals surface area contributed by atoms with Crippen molar-refractivity contribution in [2.24, 2.45) is 0 Å². The van der Waals surface area contributed by atoms with E-state index in [9.17, 15) is 18.0 Å². The lowest BCUT2D eigenvalue weighted by Crippen LogP contribution is -2.45. The van der Waals surface area contributed by atoms with Crippen LogP contribution < -0.4 is 10.1 Å². The molecule has 2 heterocycles. The van der Waals surface area contributed by atoms with Crippen molar-refractivity contribution in [3.05, 3.63) is 48.3 Å². The van der Waals surface area contributed by atoms with Crippen molar-refractivity contribution in [1.29, 1.82) is 0 Å². The molecule has 1 aromatic carbocycles. The molecule has 0 saturated heterocycles. The minimum absolute atomic E-state index is 0.140. The Morgan fingerprint density at radius 3 is 2.65 bits per heavy atom. The molecule has 6 nitrogen and oxygen atoms in total. The molecule has 2 atom stereocenters. The Hall–Kier alpha value is -3.23. The van der Waals surface area contributed by atoms with Crippen LogP contribution in [0, 0.1) is 0 Å². The third-order valence-electron chi connectivity index (χ3n) is 6.08. The summed E-state index contributed by atoms with van der Waals surface area (Å²) in [6.45, 7) is 5.92. The predicted octanol–water partition coefficient (Wildman–Crippen LogP) is 6.45. The molecular weight excluding hydrogens is 445 g/mol. The Labute approximate surface area is 197 Å².